The molecule has 3 aromatic rings. The van der Waals surface area contributed by atoms with Gasteiger partial charge in [-0.05, 0) is 36.4 Å². The van der Waals surface area contributed by atoms with E-state index < -0.39 is 17.8 Å². The van der Waals surface area contributed by atoms with E-state index in [2.05, 4.69) is 20.4 Å². The number of hydrogen-bond acceptors (Lipinski definition) is 7. The van der Waals surface area contributed by atoms with Crippen molar-refractivity contribution >= 4 is 29.5 Å². The molecule has 0 saturated carbocycles. The van der Waals surface area contributed by atoms with E-state index in [0.717, 1.165) is 6.26 Å². The number of amides is 2. The number of furan rings is 1. The highest BCUT2D eigenvalue weighted by Crippen LogP contribution is 2.14. The molecule has 26 heavy (non-hydrogen) atoms. The summed E-state index contributed by atoms with van der Waals surface area (Å²) in [6.07, 6.45) is 2.46. The van der Waals surface area contributed by atoms with Gasteiger partial charge in [-0.15, -0.1) is 0 Å². The third-order valence-electron chi connectivity index (χ3n) is 3.27. The number of nitrogens with zero attached hydrogens (tertiary/aromatic N) is 1. The van der Waals surface area contributed by atoms with Crippen LogP contribution in [0.1, 0.15) is 31.4 Å². The molecule has 0 fully saturated rings. The normalized spacial score (nSPS) is 10.2. The molecule has 2 N–H and O–H groups in total. The first-order valence-corrected chi connectivity index (χ1v) is 7.37. The molecule has 0 saturated heterocycles. The van der Waals surface area contributed by atoms with Crippen LogP contribution in [-0.4, -0.2) is 29.9 Å². The Hall–Kier alpha value is -3.88. The highest BCUT2D eigenvalue weighted by molar-refractivity contribution is 6.04. The Labute approximate surface area is 147 Å². The highest BCUT2D eigenvalue weighted by Gasteiger charge is 2.16. The standard InChI is InChI=1S/C17H13N3O6/c1-24-16(23)10-4-6-11(7-5-10)18-14(21)12-9-26-17(19-12)20-15(22)13-3-2-8-25-13/h2-9H,1H3,(H,18,21)(H,19,20,22). The minimum absolute atomic E-state index is 0.0308. The van der Waals surface area contributed by atoms with Gasteiger partial charge in [0, 0.05) is 5.69 Å². The predicted molar refractivity (Wildman–Crippen MR) is 88.9 cm³/mol. The zero-order valence-corrected chi connectivity index (χ0v) is 13.5. The van der Waals surface area contributed by atoms with Crippen molar-refractivity contribution in [2.75, 3.05) is 17.7 Å². The monoisotopic (exact) mass is 355 g/mol. The van der Waals surface area contributed by atoms with Gasteiger partial charge in [-0.3, -0.25) is 14.9 Å². The van der Waals surface area contributed by atoms with Crippen molar-refractivity contribution in [2.45, 2.75) is 0 Å². The maximum absolute atomic E-state index is 12.2. The van der Waals surface area contributed by atoms with E-state index in [0.29, 0.717) is 11.3 Å². The lowest BCUT2D eigenvalue weighted by atomic mass is 10.2. The maximum atomic E-state index is 12.2. The van der Waals surface area contributed by atoms with Gasteiger partial charge < -0.3 is 18.9 Å². The smallest absolute Gasteiger partial charge is 0.337 e. The summed E-state index contributed by atoms with van der Waals surface area (Å²) in [6, 6.07) is 9.02. The van der Waals surface area contributed by atoms with Crippen LogP contribution in [0.4, 0.5) is 11.7 Å². The van der Waals surface area contributed by atoms with Gasteiger partial charge in [-0.1, -0.05) is 0 Å². The van der Waals surface area contributed by atoms with E-state index in [4.69, 9.17) is 8.83 Å². The van der Waals surface area contributed by atoms with Crippen molar-refractivity contribution in [3.63, 3.8) is 0 Å². The maximum Gasteiger partial charge on any atom is 0.337 e. The summed E-state index contributed by atoms with van der Waals surface area (Å²) in [6.45, 7) is 0. The highest BCUT2D eigenvalue weighted by atomic mass is 16.5. The molecule has 0 radical (unpaired) electrons. The third-order valence-corrected chi connectivity index (χ3v) is 3.27. The van der Waals surface area contributed by atoms with Crippen LogP contribution in [0.3, 0.4) is 0 Å². The fraction of sp³-hybridized carbons (Fsp3) is 0.0588. The second kappa shape index (κ2) is 7.34. The van der Waals surface area contributed by atoms with Gasteiger partial charge in [0.15, 0.2) is 11.5 Å². The number of rotatable bonds is 5. The molecule has 0 aliphatic carbocycles. The first-order valence-electron chi connectivity index (χ1n) is 7.37. The van der Waals surface area contributed by atoms with Crippen LogP contribution in [0.2, 0.25) is 0 Å². The average Bonchev–Trinajstić information content (AvgIpc) is 3.33. The van der Waals surface area contributed by atoms with E-state index in [1.54, 1.807) is 18.2 Å². The zero-order valence-electron chi connectivity index (χ0n) is 13.5. The van der Waals surface area contributed by atoms with Gasteiger partial charge in [0.2, 0.25) is 0 Å². The predicted octanol–water partition coefficient (Wildman–Crippen LogP) is 2.56. The largest absolute Gasteiger partial charge is 0.465 e. The molecule has 0 unspecified atom stereocenters. The lowest BCUT2D eigenvalue weighted by Gasteiger charge is -2.04. The average molecular weight is 355 g/mol. The molecular formula is C17H13N3O6. The summed E-state index contributed by atoms with van der Waals surface area (Å²) < 4.78 is 14.6. The van der Waals surface area contributed by atoms with Crippen LogP contribution in [0.5, 0.6) is 0 Å². The molecule has 9 nitrogen and oxygen atoms in total. The number of nitrogens with one attached hydrogen (secondary N) is 2. The molecule has 0 spiro atoms. The fourth-order valence-corrected chi connectivity index (χ4v) is 2.00. The number of esters is 1. The van der Waals surface area contributed by atoms with E-state index in [1.165, 1.54) is 31.6 Å². The van der Waals surface area contributed by atoms with Gasteiger partial charge in [0.05, 0.1) is 18.9 Å². The number of oxazole rings is 1. The summed E-state index contributed by atoms with van der Waals surface area (Å²) in [4.78, 5) is 39.2. The SMILES string of the molecule is COC(=O)c1ccc(NC(=O)c2coc(NC(=O)c3ccco3)n2)cc1. The van der Waals surface area contributed by atoms with Crippen molar-refractivity contribution in [1.29, 1.82) is 0 Å². The van der Waals surface area contributed by atoms with Gasteiger partial charge in [-0.25, -0.2) is 4.79 Å². The number of carbonyl (C=O) groups excluding carboxylic acids is 3. The van der Waals surface area contributed by atoms with E-state index in [9.17, 15) is 14.4 Å². The van der Waals surface area contributed by atoms with Gasteiger partial charge in [0.1, 0.15) is 6.26 Å². The molecule has 9 heteroatoms. The molecule has 2 aromatic heterocycles. The third kappa shape index (κ3) is 3.78. The topological polar surface area (TPSA) is 124 Å². The minimum Gasteiger partial charge on any atom is -0.465 e. The molecule has 1 aromatic carbocycles. The summed E-state index contributed by atoms with van der Waals surface area (Å²) in [5, 5.41) is 4.96. The number of aromatic nitrogens is 1. The molecule has 2 amide bonds. The first-order chi connectivity index (χ1) is 12.6. The van der Waals surface area contributed by atoms with Crippen LogP contribution >= 0.6 is 0 Å². The molecule has 0 atom stereocenters. The number of carbonyl (C=O) groups is 3. The quantitative estimate of drug-likeness (QED) is 0.674. The molecule has 0 bridgehead atoms. The number of methoxy groups -OCH3 is 1. The first kappa shape index (κ1) is 17.0. The van der Waals surface area contributed by atoms with Crippen LogP contribution in [-0.2, 0) is 4.74 Å². The fourth-order valence-electron chi connectivity index (χ4n) is 2.00. The van der Waals surface area contributed by atoms with Crippen molar-refractivity contribution in [3.8, 4) is 0 Å². The summed E-state index contributed by atoms with van der Waals surface area (Å²) in [5.74, 6) is -1.49. The summed E-state index contributed by atoms with van der Waals surface area (Å²) in [5.41, 5.74) is 0.776. The van der Waals surface area contributed by atoms with Gasteiger partial charge in [-0.2, -0.15) is 4.98 Å². The molecule has 132 valence electrons. The minimum atomic E-state index is -0.554. The Morgan fingerprint density at radius 2 is 1.77 bits per heavy atom. The molecular weight excluding hydrogens is 342 g/mol. The Balaban J connectivity index is 1.63. The molecule has 2 heterocycles. The van der Waals surface area contributed by atoms with Crippen LogP contribution in [0.25, 0.3) is 0 Å². The van der Waals surface area contributed by atoms with Crippen molar-refractivity contribution in [3.05, 3.63) is 65.9 Å². The van der Waals surface area contributed by atoms with E-state index >= 15 is 0 Å². The second-order valence-electron chi connectivity index (χ2n) is 4.99. The zero-order chi connectivity index (χ0) is 18.5. The van der Waals surface area contributed by atoms with E-state index in [-0.39, 0.29) is 17.5 Å². The van der Waals surface area contributed by atoms with Crippen molar-refractivity contribution in [1.82, 2.24) is 4.98 Å². The van der Waals surface area contributed by atoms with Crippen LogP contribution in [0, 0.1) is 0 Å². The van der Waals surface area contributed by atoms with Gasteiger partial charge >= 0.3 is 12.0 Å². The number of hydrogen-bond donors (Lipinski definition) is 2. The van der Waals surface area contributed by atoms with Gasteiger partial charge in [0.25, 0.3) is 11.8 Å². The number of benzene rings is 1. The Bertz CT molecular complexity index is 928. The summed E-state index contributed by atoms with van der Waals surface area (Å²) in [7, 11) is 1.28. The van der Waals surface area contributed by atoms with Crippen molar-refractivity contribution < 1.29 is 28.0 Å². The van der Waals surface area contributed by atoms with E-state index in [1.807, 2.05) is 0 Å². The lowest BCUT2D eigenvalue weighted by molar-refractivity contribution is 0.0600. The number of ether oxygens (including phenoxy) is 1. The van der Waals surface area contributed by atoms with Crippen LogP contribution < -0.4 is 10.6 Å². The summed E-state index contributed by atoms with van der Waals surface area (Å²) >= 11 is 0. The number of anilines is 2. The Kier molecular flexibility index (Phi) is 4.79. The molecule has 0 aliphatic heterocycles. The lowest BCUT2D eigenvalue weighted by Crippen LogP contribution is -2.14. The van der Waals surface area contributed by atoms with Crippen LogP contribution in [0.15, 0.2) is 57.8 Å². The second-order valence-corrected chi connectivity index (χ2v) is 4.99. The Morgan fingerprint density at radius 3 is 2.42 bits per heavy atom. The molecule has 0 aliphatic rings. The molecule has 3 rings (SSSR count). The Morgan fingerprint density at radius 1 is 1.00 bits per heavy atom. The van der Waals surface area contributed by atoms with Crippen molar-refractivity contribution in [2.24, 2.45) is 0 Å².